The van der Waals surface area contributed by atoms with E-state index in [4.69, 9.17) is 4.74 Å². The minimum Gasteiger partial charge on any atom is -0.461 e. The van der Waals surface area contributed by atoms with Gasteiger partial charge >= 0.3 is 5.97 Å². The summed E-state index contributed by atoms with van der Waals surface area (Å²) < 4.78 is 32.2. The first-order chi connectivity index (χ1) is 12.4. The first-order valence-electron chi connectivity index (χ1n) is 7.53. The second-order valence-electron chi connectivity index (χ2n) is 5.32. The fourth-order valence-electron chi connectivity index (χ4n) is 2.46. The number of aromatic amines is 1. The van der Waals surface area contributed by atoms with Gasteiger partial charge in [-0.2, -0.15) is 13.7 Å². The van der Waals surface area contributed by atoms with Gasteiger partial charge in [0.15, 0.2) is 5.69 Å². The van der Waals surface area contributed by atoms with Crippen LogP contribution >= 0.6 is 11.3 Å². The zero-order chi connectivity index (χ0) is 18.9. The molecule has 0 saturated carbocycles. The molecule has 26 heavy (non-hydrogen) atoms. The highest BCUT2D eigenvalue weighted by Crippen LogP contribution is 2.30. The quantitative estimate of drug-likeness (QED) is 0.645. The number of nitrogens with zero attached hydrogens (tertiary/aromatic N) is 2. The third kappa shape index (κ3) is 3.14. The first-order valence-corrected chi connectivity index (χ1v) is 9.90. The van der Waals surface area contributed by atoms with Gasteiger partial charge in [0.25, 0.3) is 10.0 Å². The molecule has 0 aliphatic carbocycles. The maximum atomic E-state index is 12.6. The number of carbonyl (C=O) groups is 1. The number of benzene rings is 1. The Labute approximate surface area is 153 Å². The van der Waals surface area contributed by atoms with Crippen molar-refractivity contribution in [1.82, 2.24) is 9.97 Å². The summed E-state index contributed by atoms with van der Waals surface area (Å²) in [7, 11) is -4.00. The maximum Gasteiger partial charge on any atom is 0.357 e. The third-order valence-corrected chi connectivity index (χ3v) is 6.23. The number of aromatic nitrogens is 2. The zero-order valence-corrected chi connectivity index (χ0v) is 15.5. The molecule has 8 nitrogen and oxygen atoms in total. The number of H-pyrrole nitrogens is 1. The Hall–Kier alpha value is -2.90. The second kappa shape index (κ2) is 6.78. The van der Waals surface area contributed by atoms with Crippen molar-refractivity contribution in [3.63, 3.8) is 0 Å². The zero-order valence-electron chi connectivity index (χ0n) is 13.9. The number of nitriles is 1. The molecule has 2 aromatic heterocycles. The molecule has 0 saturated heterocycles. The van der Waals surface area contributed by atoms with E-state index in [1.54, 1.807) is 19.1 Å². The molecule has 0 fully saturated rings. The number of fused-ring (bicyclic) bond motifs is 1. The van der Waals surface area contributed by atoms with Crippen molar-refractivity contribution in [2.45, 2.75) is 18.2 Å². The molecule has 0 spiro atoms. The Morgan fingerprint density at radius 1 is 1.46 bits per heavy atom. The summed E-state index contributed by atoms with van der Waals surface area (Å²) in [5.74, 6) is -0.675. The lowest BCUT2D eigenvalue weighted by molar-refractivity contribution is 0.0520. The molecule has 3 aromatic rings. The third-order valence-electron chi connectivity index (χ3n) is 3.61. The van der Waals surface area contributed by atoms with Crippen molar-refractivity contribution in [2.24, 2.45) is 0 Å². The molecule has 134 valence electrons. The molecule has 0 bridgehead atoms. The van der Waals surface area contributed by atoms with E-state index in [-0.39, 0.29) is 16.6 Å². The van der Waals surface area contributed by atoms with Crippen LogP contribution in [0.25, 0.3) is 10.9 Å². The van der Waals surface area contributed by atoms with Gasteiger partial charge < -0.3 is 9.72 Å². The standard InChI is InChI=1S/C16H14N4O4S2/c1-3-24-15(21)12-8-25-16(19-12)26(22,23)20-11-5-4-9(2)13-10(6-17)7-18-14(11)13/h4-5,7-8,18,20H,3H2,1-2H3. The predicted octanol–water partition coefficient (Wildman–Crippen LogP) is 2.78. The number of anilines is 1. The first kappa shape index (κ1) is 17.9. The molecule has 10 heteroatoms. The van der Waals surface area contributed by atoms with E-state index in [1.165, 1.54) is 11.6 Å². The van der Waals surface area contributed by atoms with Crippen LogP contribution in [0.3, 0.4) is 0 Å². The lowest BCUT2D eigenvalue weighted by Crippen LogP contribution is -2.14. The summed E-state index contributed by atoms with van der Waals surface area (Å²) in [4.78, 5) is 18.4. The Kier molecular flexibility index (Phi) is 4.67. The number of carbonyl (C=O) groups excluding carboxylic acids is 1. The number of sulfonamides is 1. The highest BCUT2D eigenvalue weighted by Gasteiger charge is 2.23. The number of hydrogen-bond acceptors (Lipinski definition) is 7. The summed E-state index contributed by atoms with van der Waals surface area (Å²) in [6, 6.07) is 5.40. The number of hydrogen-bond donors (Lipinski definition) is 2. The number of nitrogens with one attached hydrogen (secondary N) is 2. The second-order valence-corrected chi connectivity index (χ2v) is 8.03. The fraction of sp³-hybridized carbons (Fsp3) is 0.188. The topological polar surface area (TPSA) is 125 Å². The molecule has 0 aliphatic heterocycles. The van der Waals surface area contributed by atoms with Crippen LogP contribution in [0, 0.1) is 18.3 Å². The Morgan fingerprint density at radius 3 is 2.92 bits per heavy atom. The number of thiazole rings is 1. The summed E-state index contributed by atoms with van der Waals surface area (Å²) >= 11 is 0.823. The van der Waals surface area contributed by atoms with Crippen molar-refractivity contribution < 1.29 is 17.9 Å². The van der Waals surface area contributed by atoms with E-state index in [1.807, 2.05) is 6.92 Å². The number of ether oxygens (including phenoxy) is 1. The van der Waals surface area contributed by atoms with Gasteiger partial charge in [0, 0.05) is 17.0 Å². The summed E-state index contributed by atoms with van der Waals surface area (Å²) in [5.41, 5.74) is 2.02. The van der Waals surface area contributed by atoms with E-state index in [9.17, 15) is 18.5 Å². The Bertz CT molecular complexity index is 1140. The molecule has 0 aliphatic rings. The molecule has 2 N–H and O–H groups in total. The number of aryl methyl sites for hydroxylation is 1. The number of esters is 1. The van der Waals surface area contributed by atoms with Gasteiger partial charge in [-0.25, -0.2) is 9.78 Å². The van der Waals surface area contributed by atoms with Gasteiger partial charge in [-0.15, -0.1) is 11.3 Å². The van der Waals surface area contributed by atoms with Crippen LogP contribution in [0.4, 0.5) is 5.69 Å². The molecule has 0 radical (unpaired) electrons. The molecule has 3 rings (SSSR count). The van der Waals surface area contributed by atoms with Gasteiger partial charge in [-0.1, -0.05) is 6.07 Å². The van der Waals surface area contributed by atoms with Gasteiger partial charge in [0.1, 0.15) is 6.07 Å². The molecule has 0 amide bonds. The van der Waals surface area contributed by atoms with Crippen molar-refractivity contribution in [2.75, 3.05) is 11.3 Å². The minimum atomic E-state index is -4.00. The van der Waals surface area contributed by atoms with Crippen LogP contribution < -0.4 is 4.72 Å². The smallest absolute Gasteiger partial charge is 0.357 e. The lowest BCUT2D eigenvalue weighted by atomic mass is 10.1. The van der Waals surface area contributed by atoms with Crippen LogP contribution in [-0.4, -0.2) is 31.0 Å². The predicted molar refractivity (Wildman–Crippen MR) is 96.6 cm³/mol. The molecule has 0 atom stereocenters. The molecule has 0 unspecified atom stereocenters. The summed E-state index contributed by atoms with van der Waals surface area (Å²) in [5, 5.41) is 11.2. The summed E-state index contributed by atoms with van der Waals surface area (Å²) in [6.45, 7) is 3.66. The van der Waals surface area contributed by atoms with E-state index in [0.29, 0.717) is 22.2 Å². The average Bonchev–Trinajstić information content (AvgIpc) is 3.25. The molecular weight excluding hydrogens is 376 g/mol. The fourth-order valence-corrected chi connectivity index (χ4v) is 4.52. The van der Waals surface area contributed by atoms with E-state index in [0.717, 1.165) is 16.9 Å². The van der Waals surface area contributed by atoms with Gasteiger partial charge in [0.2, 0.25) is 4.34 Å². The van der Waals surface area contributed by atoms with Crippen LogP contribution in [-0.2, 0) is 14.8 Å². The van der Waals surface area contributed by atoms with Gasteiger partial charge in [-0.3, -0.25) is 4.72 Å². The lowest BCUT2D eigenvalue weighted by Gasteiger charge is -2.08. The van der Waals surface area contributed by atoms with Crippen molar-refractivity contribution >= 4 is 43.9 Å². The van der Waals surface area contributed by atoms with Crippen LogP contribution in [0.5, 0.6) is 0 Å². The highest BCUT2D eigenvalue weighted by molar-refractivity contribution is 7.94. The maximum absolute atomic E-state index is 12.6. The van der Waals surface area contributed by atoms with Crippen molar-refractivity contribution in [3.05, 3.63) is 40.5 Å². The average molecular weight is 390 g/mol. The van der Waals surface area contributed by atoms with Crippen molar-refractivity contribution in [3.8, 4) is 6.07 Å². The van der Waals surface area contributed by atoms with E-state index >= 15 is 0 Å². The van der Waals surface area contributed by atoms with Gasteiger partial charge in [-0.05, 0) is 25.5 Å². The van der Waals surface area contributed by atoms with Crippen LogP contribution in [0.1, 0.15) is 28.5 Å². The monoisotopic (exact) mass is 390 g/mol. The number of rotatable bonds is 5. The highest BCUT2D eigenvalue weighted by atomic mass is 32.2. The van der Waals surface area contributed by atoms with Crippen LogP contribution in [0.15, 0.2) is 28.0 Å². The van der Waals surface area contributed by atoms with E-state index < -0.39 is 16.0 Å². The summed E-state index contributed by atoms with van der Waals surface area (Å²) in [6.07, 6.45) is 1.53. The van der Waals surface area contributed by atoms with Gasteiger partial charge in [0.05, 0.1) is 23.4 Å². The Balaban J connectivity index is 1.97. The van der Waals surface area contributed by atoms with Crippen molar-refractivity contribution in [1.29, 1.82) is 5.26 Å². The molecule has 1 aromatic carbocycles. The Morgan fingerprint density at radius 2 is 2.23 bits per heavy atom. The SMILES string of the molecule is CCOC(=O)c1csc(S(=O)(=O)Nc2ccc(C)c3c(C#N)c[nH]c23)n1. The van der Waals surface area contributed by atoms with Crippen LogP contribution in [0.2, 0.25) is 0 Å². The largest absolute Gasteiger partial charge is 0.461 e. The minimum absolute atomic E-state index is 0.0575. The molecular formula is C16H14N4O4S2. The normalized spacial score (nSPS) is 11.3. The van der Waals surface area contributed by atoms with E-state index in [2.05, 4.69) is 20.8 Å². The molecule has 2 heterocycles.